The fourth-order valence-corrected chi connectivity index (χ4v) is 2.74. The molecule has 9 heteroatoms. The molecule has 0 radical (unpaired) electrons. The Morgan fingerprint density at radius 3 is 2.29 bits per heavy atom. The summed E-state index contributed by atoms with van der Waals surface area (Å²) in [5.74, 6) is -0.819. The molecule has 0 unspecified atom stereocenters. The van der Waals surface area contributed by atoms with Crippen LogP contribution in [0.4, 0.5) is 4.79 Å². The number of amides is 2. The molecule has 0 saturated heterocycles. The van der Waals surface area contributed by atoms with Crippen molar-refractivity contribution in [3.05, 3.63) is 65.7 Å². The van der Waals surface area contributed by atoms with E-state index in [2.05, 4.69) is 10.6 Å². The first kappa shape index (κ1) is 23.7. The van der Waals surface area contributed by atoms with Crippen LogP contribution < -0.4 is 15.4 Å². The predicted octanol–water partition coefficient (Wildman–Crippen LogP) is 1.18. The first-order chi connectivity index (χ1) is 15.0. The van der Waals surface area contributed by atoms with Crippen molar-refractivity contribution in [1.29, 1.82) is 0 Å². The normalized spacial score (nSPS) is 12.2. The largest absolute Gasteiger partial charge is 0.497 e. The van der Waals surface area contributed by atoms with Gasteiger partial charge in [-0.2, -0.15) is 0 Å². The number of rotatable bonds is 10. The van der Waals surface area contributed by atoms with Crippen LogP contribution in [0.1, 0.15) is 11.1 Å². The first-order valence-electron chi connectivity index (χ1n) is 9.56. The van der Waals surface area contributed by atoms with E-state index in [0.29, 0.717) is 5.75 Å². The minimum absolute atomic E-state index is 0.00701. The number of alkyl carbamates (subject to hydrolysis) is 1. The summed E-state index contributed by atoms with van der Waals surface area (Å²) < 4.78 is 15.0. The van der Waals surface area contributed by atoms with Gasteiger partial charge >= 0.3 is 12.1 Å². The second-order valence-electron chi connectivity index (χ2n) is 6.58. The number of methoxy groups -OCH3 is 2. The second-order valence-corrected chi connectivity index (χ2v) is 6.58. The van der Waals surface area contributed by atoms with Gasteiger partial charge in [0.2, 0.25) is 5.91 Å². The highest BCUT2D eigenvalue weighted by Gasteiger charge is 2.27. The number of nitrogens with one attached hydrogen (secondary N) is 2. The highest BCUT2D eigenvalue weighted by Crippen LogP contribution is 2.14. The summed E-state index contributed by atoms with van der Waals surface area (Å²) in [6, 6.07) is 13.7. The molecule has 9 nitrogen and oxygen atoms in total. The molecule has 31 heavy (non-hydrogen) atoms. The van der Waals surface area contributed by atoms with Crippen molar-refractivity contribution >= 4 is 18.0 Å². The summed E-state index contributed by atoms with van der Waals surface area (Å²) in [6.07, 6.45) is -0.743. The van der Waals surface area contributed by atoms with Crippen molar-refractivity contribution in [2.45, 2.75) is 25.1 Å². The smallest absolute Gasteiger partial charge is 0.408 e. The summed E-state index contributed by atoms with van der Waals surface area (Å²) in [5.41, 5.74) is 1.50. The number of carbonyl (C=O) groups is 3. The Bertz CT molecular complexity index is 873. The number of ether oxygens (including phenoxy) is 3. The van der Waals surface area contributed by atoms with E-state index in [-0.39, 0.29) is 13.0 Å². The number of carbonyl (C=O) groups excluding carboxylic acids is 3. The lowest BCUT2D eigenvalue weighted by atomic mass is 10.1. The van der Waals surface area contributed by atoms with Crippen LogP contribution in [0.2, 0.25) is 0 Å². The van der Waals surface area contributed by atoms with Gasteiger partial charge in [-0.3, -0.25) is 4.79 Å². The zero-order valence-electron chi connectivity index (χ0n) is 17.4. The summed E-state index contributed by atoms with van der Waals surface area (Å²) in [6.45, 7) is -0.674. The quantitative estimate of drug-likeness (QED) is 0.484. The molecule has 166 valence electrons. The maximum atomic E-state index is 12.6. The van der Waals surface area contributed by atoms with E-state index in [1.54, 1.807) is 48.5 Å². The zero-order chi connectivity index (χ0) is 22.6. The molecule has 2 rings (SSSR count). The first-order valence-corrected chi connectivity index (χ1v) is 9.56. The molecule has 3 N–H and O–H groups in total. The lowest BCUT2D eigenvalue weighted by molar-refractivity contribution is -0.145. The third-order valence-corrected chi connectivity index (χ3v) is 4.38. The number of esters is 1. The molecule has 0 aliphatic carbocycles. The van der Waals surface area contributed by atoms with E-state index >= 15 is 0 Å². The van der Waals surface area contributed by atoms with Gasteiger partial charge in [-0.05, 0) is 23.3 Å². The second kappa shape index (κ2) is 12.2. The van der Waals surface area contributed by atoms with E-state index in [1.165, 1.54) is 14.2 Å². The van der Waals surface area contributed by atoms with Crippen LogP contribution in [-0.4, -0.2) is 56.0 Å². The van der Waals surface area contributed by atoms with Crippen LogP contribution in [0, 0.1) is 0 Å². The average Bonchev–Trinajstić information content (AvgIpc) is 2.80. The van der Waals surface area contributed by atoms with E-state index in [4.69, 9.17) is 14.2 Å². The molecule has 0 fully saturated rings. The number of aliphatic hydroxyl groups is 1. The van der Waals surface area contributed by atoms with Crippen LogP contribution in [0.5, 0.6) is 5.75 Å². The number of hydrogen-bond acceptors (Lipinski definition) is 7. The van der Waals surface area contributed by atoms with Gasteiger partial charge in [-0.1, -0.05) is 42.5 Å². The minimum atomic E-state index is -1.30. The highest BCUT2D eigenvalue weighted by molar-refractivity contribution is 5.89. The van der Waals surface area contributed by atoms with Crippen molar-refractivity contribution in [2.75, 3.05) is 20.8 Å². The van der Waals surface area contributed by atoms with Crippen molar-refractivity contribution in [3.63, 3.8) is 0 Å². The van der Waals surface area contributed by atoms with E-state index < -0.39 is 36.7 Å². The Morgan fingerprint density at radius 1 is 0.935 bits per heavy atom. The predicted molar refractivity (Wildman–Crippen MR) is 111 cm³/mol. The van der Waals surface area contributed by atoms with Gasteiger partial charge in [0.25, 0.3) is 0 Å². The number of benzene rings is 2. The molecule has 0 spiro atoms. The Hall–Kier alpha value is -3.59. The Kier molecular flexibility index (Phi) is 9.31. The van der Waals surface area contributed by atoms with Gasteiger partial charge < -0.3 is 30.0 Å². The molecule has 0 heterocycles. The maximum absolute atomic E-state index is 12.6. The van der Waals surface area contributed by atoms with Gasteiger partial charge in [0.05, 0.1) is 20.8 Å². The Labute approximate surface area is 180 Å². The van der Waals surface area contributed by atoms with E-state index in [1.807, 2.05) is 6.07 Å². The number of hydrogen-bond donors (Lipinski definition) is 3. The summed E-state index contributed by atoms with van der Waals surface area (Å²) in [7, 11) is 2.73. The van der Waals surface area contributed by atoms with Crippen LogP contribution >= 0.6 is 0 Å². The lowest BCUT2D eigenvalue weighted by Crippen LogP contribution is -2.54. The van der Waals surface area contributed by atoms with Crippen LogP contribution in [0.25, 0.3) is 0 Å². The highest BCUT2D eigenvalue weighted by atomic mass is 16.5. The van der Waals surface area contributed by atoms with E-state index in [9.17, 15) is 19.5 Å². The fourth-order valence-electron chi connectivity index (χ4n) is 2.74. The Balaban J connectivity index is 1.97. The molecule has 2 atom stereocenters. The van der Waals surface area contributed by atoms with Crippen molar-refractivity contribution in [3.8, 4) is 5.75 Å². The van der Waals surface area contributed by atoms with Gasteiger partial charge in [-0.15, -0.1) is 0 Å². The van der Waals surface area contributed by atoms with Crippen molar-refractivity contribution < 1.29 is 33.7 Å². The molecule has 2 aromatic carbocycles. The lowest BCUT2D eigenvalue weighted by Gasteiger charge is -2.21. The molecule has 2 aromatic rings. The molecule has 0 saturated carbocycles. The van der Waals surface area contributed by atoms with Gasteiger partial charge in [0, 0.05) is 6.42 Å². The Morgan fingerprint density at radius 2 is 1.65 bits per heavy atom. The van der Waals surface area contributed by atoms with Crippen molar-refractivity contribution in [1.82, 2.24) is 10.6 Å². The molecular formula is C22H26N2O7. The summed E-state index contributed by atoms with van der Waals surface area (Å²) in [4.78, 5) is 36.7. The van der Waals surface area contributed by atoms with Crippen LogP contribution in [0.3, 0.4) is 0 Å². The molecule has 0 aromatic heterocycles. The fraction of sp³-hybridized carbons (Fsp3) is 0.318. The topological polar surface area (TPSA) is 123 Å². The van der Waals surface area contributed by atoms with Gasteiger partial charge in [0.1, 0.15) is 24.4 Å². The van der Waals surface area contributed by atoms with Crippen LogP contribution in [-0.2, 0) is 32.1 Å². The summed E-state index contributed by atoms with van der Waals surface area (Å²) in [5, 5.41) is 14.3. The minimum Gasteiger partial charge on any atom is -0.497 e. The zero-order valence-corrected chi connectivity index (χ0v) is 17.4. The standard InChI is InChI=1S/C22H26N2O7/c1-29-17-10-6-9-16(11-17)12-18(21(27)30-2)23-20(26)19(13-25)24-22(28)31-14-15-7-4-3-5-8-15/h3-11,18-19,25H,12-14H2,1-2H3,(H,23,26)(H,24,28)/t18-,19-/m0/s1. The van der Waals surface area contributed by atoms with Gasteiger partial charge in [-0.25, -0.2) is 9.59 Å². The molecule has 2 amide bonds. The molecule has 0 aliphatic rings. The molecular weight excluding hydrogens is 404 g/mol. The van der Waals surface area contributed by atoms with Crippen molar-refractivity contribution in [2.24, 2.45) is 0 Å². The number of aliphatic hydroxyl groups excluding tert-OH is 1. The molecule has 0 aliphatic heterocycles. The third-order valence-electron chi connectivity index (χ3n) is 4.38. The third kappa shape index (κ3) is 7.63. The SMILES string of the molecule is COC(=O)[C@H](Cc1cccc(OC)c1)NC(=O)[C@H](CO)NC(=O)OCc1ccccc1. The molecule has 0 bridgehead atoms. The summed E-state index contributed by atoms with van der Waals surface area (Å²) >= 11 is 0. The van der Waals surface area contributed by atoms with Gasteiger partial charge in [0.15, 0.2) is 0 Å². The van der Waals surface area contributed by atoms with Crippen LogP contribution in [0.15, 0.2) is 54.6 Å². The monoisotopic (exact) mass is 430 g/mol. The van der Waals surface area contributed by atoms with E-state index in [0.717, 1.165) is 11.1 Å². The average molecular weight is 430 g/mol. The maximum Gasteiger partial charge on any atom is 0.408 e.